The van der Waals surface area contributed by atoms with Gasteiger partial charge in [-0.05, 0) is 29.7 Å². The molecule has 35 heavy (non-hydrogen) atoms. The molecule has 1 unspecified atom stereocenters. The molecule has 5 heterocycles. The van der Waals surface area contributed by atoms with Gasteiger partial charge < -0.3 is 25.0 Å². The van der Waals surface area contributed by atoms with Crippen molar-refractivity contribution in [3.63, 3.8) is 0 Å². The number of aromatic nitrogens is 2. The number of amides is 2. The first-order valence-electron chi connectivity index (χ1n) is 12.2. The first-order chi connectivity index (χ1) is 17.0. The lowest BCUT2D eigenvalue weighted by atomic mass is 9.74. The molecule has 0 aliphatic carbocycles. The highest BCUT2D eigenvalue weighted by Crippen LogP contribution is 2.34. The summed E-state index contributed by atoms with van der Waals surface area (Å²) in [6.45, 7) is 5.91. The molecule has 3 aliphatic heterocycles. The Hall–Kier alpha value is -3.27. The van der Waals surface area contributed by atoms with Gasteiger partial charge in [-0.15, -0.1) is 0 Å². The van der Waals surface area contributed by atoms with Crippen LogP contribution in [-0.2, 0) is 13.0 Å². The van der Waals surface area contributed by atoms with E-state index >= 15 is 0 Å². The van der Waals surface area contributed by atoms with Gasteiger partial charge in [-0.2, -0.15) is 0 Å². The zero-order chi connectivity index (χ0) is 24.0. The van der Waals surface area contributed by atoms with Crippen molar-refractivity contribution < 1.29 is 14.7 Å². The van der Waals surface area contributed by atoms with Crippen molar-refractivity contribution in [1.29, 1.82) is 0 Å². The SMILES string of the molecule is O=C(NCC(O)CN1CCc2ccccc2C1)c1cn2cc(C(=O)N3CC4(CNC4)C3)ccc2n1. The number of likely N-dealkylation sites (tertiary alicyclic amines) is 1. The van der Waals surface area contributed by atoms with Gasteiger partial charge in [-0.3, -0.25) is 14.5 Å². The highest BCUT2D eigenvalue weighted by Gasteiger charge is 2.49. The maximum atomic E-state index is 12.8. The van der Waals surface area contributed by atoms with E-state index in [1.54, 1.807) is 28.9 Å². The third-order valence-corrected chi connectivity index (χ3v) is 7.45. The van der Waals surface area contributed by atoms with E-state index in [-0.39, 0.29) is 29.5 Å². The number of fused-ring (bicyclic) bond motifs is 2. The van der Waals surface area contributed by atoms with E-state index in [4.69, 9.17) is 0 Å². The van der Waals surface area contributed by atoms with Crippen LogP contribution in [0.5, 0.6) is 0 Å². The Morgan fingerprint density at radius 2 is 1.91 bits per heavy atom. The Bertz CT molecular complexity index is 1280. The molecule has 182 valence electrons. The Labute approximate surface area is 203 Å². The molecule has 6 rings (SSSR count). The van der Waals surface area contributed by atoms with E-state index in [1.165, 1.54) is 11.1 Å². The summed E-state index contributed by atoms with van der Waals surface area (Å²) in [6.07, 6.45) is 3.66. The third kappa shape index (κ3) is 4.31. The lowest BCUT2D eigenvalue weighted by Crippen LogP contribution is -2.71. The number of nitrogens with zero attached hydrogens (tertiary/aromatic N) is 4. The number of carbonyl (C=O) groups is 2. The van der Waals surface area contributed by atoms with E-state index in [2.05, 4.69) is 38.7 Å². The zero-order valence-corrected chi connectivity index (χ0v) is 19.6. The fourth-order valence-corrected chi connectivity index (χ4v) is 5.39. The molecule has 9 nitrogen and oxygen atoms in total. The Morgan fingerprint density at radius 3 is 2.69 bits per heavy atom. The second kappa shape index (κ2) is 8.75. The van der Waals surface area contributed by atoms with Crippen LogP contribution in [0, 0.1) is 5.41 Å². The fourth-order valence-electron chi connectivity index (χ4n) is 5.39. The molecule has 3 aliphatic rings. The van der Waals surface area contributed by atoms with Gasteiger partial charge in [0.15, 0.2) is 0 Å². The molecule has 2 amide bonds. The minimum Gasteiger partial charge on any atom is -0.390 e. The number of pyridine rings is 1. The van der Waals surface area contributed by atoms with E-state index in [9.17, 15) is 14.7 Å². The summed E-state index contributed by atoms with van der Waals surface area (Å²) in [5, 5.41) is 16.6. The maximum Gasteiger partial charge on any atom is 0.271 e. The van der Waals surface area contributed by atoms with Crippen LogP contribution in [0.4, 0.5) is 0 Å². The summed E-state index contributed by atoms with van der Waals surface area (Å²) in [4.78, 5) is 33.9. The van der Waals surface area contributed by atoms with Gasteiger partial charge >= 0.3 is 0 Å². The van der Waals surface area contributed by atoms with Crippen molar-refractivity contribution >= 4 is 17.5 Å². The molecule has 2 aromatic heterocycles. The first-order valence-corrected chi connectivity index (χ1v) is 12.2. The van der Waals surface area contributed by atoms with Crippen molar-refractivity contribution in [2.24, 2.45) is 5.41 Å². The average Bonchev–Trinajstić information content (AvgIpc) is 3.24. The number of hydrogen-bond donors (Lipinski definition) is 3. The Balaban J connectivity index is 1.03. The molecule has 0 saturated carbocycles. The van der Waals surface area contributed by atoms with Gasteiger partial charge in [0, 0.05) is 70.2 Å². The minimum atomic E-state index is -0.670. The summed E-state index contributed by atoms with van der Waals surface area (Å²) in [6, 6.07) is 11.9. The monoisotopic (exact) mass is 474 g/mol. The number of carbonyl (C=O) groups excluding carboxylic acids is 2. The van der Waals surface area contributed by atoms with Crippen molar-refractivity contribution in [2.75, 3.05) is 45.8 Å². The number of nitrogens with one attached hydrogen (secondary N) is 2. The third-order valence-electron chi connectivity index (χ3n) is 7.45. The summed E-state index contributed by atoms with van der Waals surface area (Å²) >= 11 is 0. The number of aliphatic hydroxyl groups is 1. The molecule has 0 radical (unpaired) electrons. The summed E-state index contributed by atoms with van der Waals surface area (Å²) in [5.74, 6) is -0.334. The molecule has 1 aromatic carbocycles. The Kier molecular flexibility index (Phi) is 5.55. The van der Waals surface area contributed by atoms with Gasteiger partial charge in [-0.1, -0.05) is 24.3 Å². The van der Waals surface area contributed by atoms with E-state index in [0.717, 1.165) is 45.7 Å². The average molecular weight is 475 g/mol. The summed E-state index contributed by atoms with van der Waals surface area (Å²) in [5.41, 5.74) is 4.39. The van der Waals surface area contributed by atoms with Crippen LogP contribution in [0.1, 0.15) is 32.0 Å². The molecule has 3 N–H and O–H groups in total. The van der Waals surface area contributed by atoms with Crippen molar-refractivity contribution in [2.45, 2.75) is 19.1 Å². The maximum absolute atomic E-state index is 12.8. The molecule has 1 atom stereocenters. The molecule has 0 bridgehead atoms. The number of benzene rings is 1. The number of β-amino-alcohol motifs (C(OH)–C–C–N with tert-alkyl or cyclic N) is 1. The lowest BCUT2D eigenvalue weighted by Gasteiger charge is -2.56. The van der Waals surface area contributed by atoms with Crippen molar-refractivity contribution in [3.8, 4) is 0 Å². The smallest absolute Gasteiger partial charge is 0.271 e. The topological polar surface area (TPSA) is 102 Å². The molecular weight excluding hydrogens is 444 g/mol. The number of aliphatic hydroxyl groups excluding tert-OH is 1. The van der Waals surface area contributed by atoms with Gasteiger partial charge in [0.25, 0.3) is 11.8 Å². The van der Waals surface area contributed by atoms with E-state index in [1.807, 2.05) is 11.0 Å². The molecular formula is C26H30N6O3. The highest BCUT2D eigenvalue weighted by atomic mass is 16.3. The normalized spacial score (nSPS) is 19.6. The van der Waals surface area contributed by atoms with Crippen LogP contribution >= 0.6 is 0 Å². The van der Waals surface area contributed by atoms with E-state index < -0.39 is 6.10 Å². The summed E-state index contributed by atoms with van der Waals surface area (Å²) < 4.78 is 1.71. The first kappa shape index (κ1) is 22.2. The second-order valence-corrected chi connectivity index (χ2v) is 10.2. The van der Waals surface area contributed by atoms with Crippen LogP contribution in [-0.4, -0.2) is 88.0 Å². The van der Waals surface area contributed by atoms with Crippen LogP contribution in [0.15, 0.2) is 48.8 Å². The van der Waals surface area contributed by atoms with Crippen LogP contribution in [0.3, 0.4) is 0 Å². The van der Waals surface area contributed by atoms with Gasteiger partial charge in [0.05, 0.1) is 11.7 Å². The fraction of sp³-hybridized carbons (Fsp3) is 0.423. The van der Waals surface area contributed by atoms with Gasteiger partial charge in [0.2, 0.25) is 0 Å². The predicted molar refractivity (Wildman–Crippen MR) is 130 cm³/mol. The van der Waals surface area contributed by atoms with E-state index in [0.29, 0.717) is 17.8 Å². The predicted octanol–water partition coefficient (Wildman–Crippen LogP) is 0.529. The van der Waals surface area contributed by atoms with Crippen LogP contribution in [0.2, 0.25) is 0 Å². The molecule has 9 heteroatoms. The van der Waals surface area contributed by atoms with Gasteiger partial charge in [-0.25, -0.2) is 4.98 Å². The Morgan fingerprint density at radius 1 is 1.11 bits per heavy atom. The number of imidazole rings is 1. The number of rotatable bonds is 6. The molecule has 1 spiro atoms. The van der Waals surface area contributed by atoms with Crippen molar-refractivity contribution in [3.05, 3.63) is 71.2 Å². The molecule has 2 fully saturated rings. The number of hydrogen-bond acceptors (Lipinski definition) is 6. The largest absolute Gasteiger partial charge is 0.390 e. The quantitative estimate of drug-likeness (QED) is 0.482. The van der Waals surface area contributed by atoms with Crippen LogP contribution < -0.4 is 10.6 Å². The van der Waals surface area contributed by atoms with Gasteiger partial charge in [0.1, 0.15) is 11.3 Å². The van der Waals surface area contributed by atoms with Crippen molar-refractivity contribution in [1.82, 2.24) is 29.8 Å². The minimum absolute atomic E-state index is 0.00702. The summed E-state index contributed by atoms with van der Waals surface area (Å²) in [7, 11) is 0. The lowest BCUT2D eigenvalue weighted by molar-refractivity contribution is -0.0248. The molecule has 2 saturated heterocycles. The zero-order valence-electron chi connectivity index (χ0n) is 19.6. The highest BCUT2D eigenvalue weighted by molar-refractivity contribution is 5.95. The second-order valence-electron chi connectivity index (χ2n) is 10.2. The standard InChI is InChI=1S/C26H30N6O3/c33-21(12-30-8-7-18-3-1-2-4-19(18)10-30)9-28-24(34)22-13-31-11-20(5-6-23(31)29-22)25(35)32-16-26(17-32)14-27-15-26/h1-6,11,13,21,27,33H,7-10,12,14-17H2,(H,28,34). The molecule has 3 aromatic rings. The van der Waals surface area contributed by atoms with Crippen LogP contribution in [0.25, 0.3) is 5.65 Å².